The number of amides is 1. The molecule has 0 aromatic heterocycles. The molecule has 0 unspecified atom stereocenters. The SMILES string of the molecule is COc1ccccc1NC(=O)CCNc1c(C(C)C)cccc1C(C)C. The van der Waals surface area contributed by atoms with Gasteiger partial charge in [0.05, 0.1) is 12.8 Å². The van der Waals surface area contributed by atoms with E-state index in [4.69, 9.17) is 4.74 Å². The maximum atomic E-state index is 12.3. The first kappa shape index (κ1) is 19.8. The van der Waals surface area contributed by atoms with Gasteiger partial charge in [0.15, 0.2) is 0 Å². The van der Waals surface area contributed by atoms with Crippen molar-refractivity contribution in [2.24, 2.45) is 0 Å². The van der Waals surface area contributed by atoms with Crippen molar-refractivity contribution in [2.45, 2.75) is 46.0 Å². The highest BCUT2D eigenvalue weighted by atomic mass is 16.5. The zero-order valence-electron chi connectivity index (χ0n) is 16.4. The maximum Gasteiger partial charge on any atom is 0.226 e. The van der Waals surface area contributed by atoms with Crippen molar-refractivity contribution < 1.29 is 9.53 Å². The third-order valence-corrected chi connectivity index (χ3v) is 4.41. The highest BCUT2D eigenvalue weighted by molar-refractivity contribution is 5.92. The van der Waals surface area contributed by atoms with Crippen LogP contribution in [-0.2, 0) is 4.79 Å². The van der Waals surface area contributed by atoms with Gasteiger partial charge in [0.1, 0.15) is 5.75 Å². The van der Waals surface area contributed by atoms with Gasteiger partial charge in [0.2, 0.25) is 5.91 Å². The zero-order chi connectivity index (χ0) is 19.1. The van der Waals surface area contributed by atoms with Crippen molar-refractivity contribution in [1.82, 2.24) is 0 Å². The zero-order valence-corrected chi connectivity index (χ0v) is 16.4. The fourth-order valence-electron chi connectivity index (χ4n) is 3.02. The summed E-state index contributed by atoms with van der Waals surface area (Å²) < 4.78 is 5.27. The lowest BCUT2D eigenvalue weighted by molar-refractivity contribution is -0.116. The molecule has 0 heterocycles. The summed E-state index contributed by atoms with van der Waals surface area (Å²) in [7, 11) is 1.60. The number of hydrogen-bond acceptors (Lipinski definition) is 3. The van der Waals surface area contributed by atoms with Gasteiger partial charge in [-0.05, 0) is 35.1 Å². The monoisotopic (exact) mass is 354 g/mol. The number of methoxy groups -OCH3 is 1. The van der Waals surface area contributed by atoms with Crippen molar-refractivity contribution in [3.05, 3.63) is 53.6 Å². The van der Waals surface area contributed by atoms with Gasteiger partial charge in [-0.3, -0.25) is 4.79 Å². The van der Waals surface area contributed by atoms with E-state index in [2.05, 4.69) is 56.5 Å². The largest absolute Gasteiger partial charge is 0.495 e. The van der Waals surface area contributed by atoms with Crippen molar-refractivity contribution >= 4 is 17.3 Å². The Bertz CT molecular complexity index is 712. The number of para-hydroxylation sites is 3. The lowest BCUT2D eigenvalue weighted by Gasteiger charge is -2.21. The molecule has 26 heavy (non-hydrogen) atoms. The minimum absolute atomic E-state index is 0.0323. The highest BCUT2D eigenvalue weighted by Gasteiger charge is 2.14. The third-order valence-electron chi connectivity index (χ3n) is 4.41. The number of ether oxygens (including phenoxy) is 1. The van der Waals surface area contributed by atoms with Crippen LogP contribution in [0.15, 0.2) is 42.5 Å². The fraction of sp³-hybridized carbons (Fsp3) is 0.409. The summed E-state index contributed by atoms with van der Waals surface area (Å²) in [6, 6.07) is 13.9. The molecule has 0 aliphatic carbocycles. The summed E-state index contributed by atoms with van der Waals surface area (Å²) in [5.41, 5.74) is 4.45. The molecule has 0 aliphatic rings. The molecule has 2 aromatic carbocycles. The molecule has 0 spiro atoms. The number of nitrogens with one attached hydrogen (secondary N) is 2. The number of benzene rings is 2. The van der Waals surface area contributed by atoms with Crippen LogP contribution in [0.1, 0.15) is 57.1 Å². The van der Waals surface area contributed by atoms with E-state index in [0.29, 0.717) is 36.2 Å². The quantitative estimate of drug-likeness (QED) is 0.669. The highest BCUT2D eigenvalue weighted by Crippen LogP contribution is 2.32. The number of anilines is 2. The van der Waals surface area contributed by atoms with Gasteiger partial charge in [0, 0.05) is 18.7 Å². The number of rotatable bonds is 8. The summed E-state index contributed by atoms with van der Waals surface area (Å²) in [6.07, 6.45) is 0.391. The smallest absolute Gasteiger partial charge is 0.226 e. The van der Waals surface area contributed by atoms with E-state index in [0.717, 1.165) is 0 Å². The van der Waals surface area contributed by atoms with Crippen LogP contribution in [0.5, 0.6) is 5.75 Å². The predicted molar refractivity (Wildman–Crippen MR) is 109 cm³/mol. The topological polar surface area (TPSA) is 50.4 Å². The van der Waals surface area contributed by atoms with Crippen LogP contribution in [0.3, 0.4) is 0 Å². The lowest BCUT2D eigenvalue weighted by Crippen LogP contribution is -2.18. The second kappa shape index (κ2) is 9.27. The summed E-state index contributed by atoms with van der Waals surface area (Å²) in [6.45, 7) is 9.36. The third kappa shape index (κ3) is 5.01. The van der Waals surface area contributed by atoms with Crippen molar-refractivity contribution in [3.8, 4) is 5.75 Å². The first-order valence-electron chi connectivity index (χ1n) is 9.23. The molecule has 4 nitrogen and oxygen atoms in total. The molecule has 0 radical (unpaired) electrons. The molecule has 0 fully saturated rings. The Labute approximate surface area is 157 Å². The van der Waals surface area contributed by atoms with Crippen LogP contribution >= 0.6 is 0 Å². The fourth-order valence-corrected chi connectivity index (χ4v) is 3.02. The Balaban J connectivity index is 2.02. The normalized spacial score (nSPS) is 10.9. The lowest BCUT2D eigenvalue weighted by atomic mass is 9.92. The van der Waals surface area contributed by atoms with Gasteiger partial charge >= 0.3 is 0 Å². The van der Waals surface area contributed by atoms with Crippen molar-refractivity contribution in [1.29, 1.82) is 0 Å². The predicted octanol–water partition coefficient (Wildman–Crippen LogP) is 5.38. The van der Waals surface area contributed by atoms with Gasteiger partial charge in [-0.1, -0.05) is 58.0 Å². The second-order valence-corrected chi connectivity index (χ2v) is 7.05. The summed E-state index contributed by atoms with van der Waals surface area (Å²) >= 11 is 0. The molecule has 0 atom stereocenters. The first-order chi connectivity index (χ1) is 12.4. The minimum atomic E-state index is -0.0323. The molecule has 0 saturated carbocycles. The molecular weight excluding hydrogens is 324 g/mol. The van der Waals surface area contributed by atoms with E-state index in [-0.39, 0.29) is 5.91 Å². The second-order valence-electron chi connectivity index (χ2n) is 7.05. The molecule has 0 bridgehead atoms. The van der Waals surface area contributed by atoms with Gasteiger partial charge in [-0.25, -0.2) is 0 Å². The number of carbonyl (C=O) groups excluding carboxylic acids is 1. The summed E-state index contributed by atoms with van der Waals surface area (Å²) in [5.74, 6) is 1.49. The Morgan fingerprint density at radius 1 is 0.962 bits per heavy atom. The Morgan fingerprint density at radius 3 is 2.15 bits per heavy atom. The van der Waals surface area contributed by atoms with E-state index < -0.39 is 0 Å². The summed E-state index contributed by atoms with van der Waals surface area (Å²) in [4.78, 5) is 12.3. The van der Waals surface area contributed by atoms with E-state index >= 15 is 0 Å². The minimum Gasteiger partial charge on any atom is -0.495 e. The van der Waals surface area contributed by atoms with Crippen LogP contribution in [0.25, 0.3) is 0 Å². The van der Waals surface area contributed by atoms with Gasteiger partial charge in [-0.2, -0.15) is 0 Å². The molecule has 4 heteroatoms. The standard InChI is InChI=1S/C22H30N2O2/c1-15(2)17-9-8-10-18(16(3)4)22(17)23-14-13-21(25)24-19-11-6-7-12-20(19)26-5/h6-12,15-16,23H,13-14H2,1-5H3,(H,24,25). The number of hydrogen-bond donors (Lipinski definition) is 2. The van der Waals surface area contributed by atoms with Gasteiger partial charge in [0.25, 0.3) is 0 Å². The van der Waals surface area contributed by atoms with Crippen molar-refractivity contribution in [3.63, 3.8) is 0 Å². The van der Waals surface area contributed by atoms with Gasteiger partial charge in [-0.15, -0.1) is 0 Å². The molecule has 0 aliphatic heterocycles. The molecule has 0 saturated heterocycles. The molecule has 2 rings (SSSR count). The van der Waals surface area contributed by atoms with Crippen molar-refractivity contribution in [2.75, 3.05) is 24.3 Å². The Kier molecular flexibility index (Phi) is 7.07. The average molecular weight is 354 g/mol. The van der Waals surface area contributed by atoms with Crippen LogP contribution < -0.4 is 15.4 Å². The summed E-state index contributed by atoms with van der Waals surface area (Å²) in [5, 5.41) is 6.42. The molecular formula is C22H30N2O2. The van der Waals surface area contributed by atoms with Crippen LogP contribution in [0, 0.1) is 0 Å². The molecule has 2 aromatic rings. The van der Waals surface area contributed by atoms with Gasteiger partial charge < -0.3 is 15.4 Å². The average Bonchev–Trinajstić information content (AvgIpc) is 2.61. The van der Waals surface area contributed by atoms with E-state index in [1.807, 2.05) is 24.3 Å². The van der Waals surface area contributed by atoms with E-state index in [1.54, 1.807) is 7.11 Å². The first-order valence-corrected chi connectivity index (χ1v) is 9.23. The molecule has 140 valence electrons. The maximum absolute atomic E-state index is 12.3. The van der Waals surface area contributed by atoms with Crippen LogP contribution in [0.2, 0.25) is 0 Å². The van der Waals surface area contributed by atoms with Crippen LogP contribution in [0.4, 0.5) is 11.4 Å². The Hall–Kier alpha value is -2.49. The molecule has 2 N–H and O–H groups in total. The molecule has 1 amide bonds. The van der Waals surface area contributed by atoms with E-state index in [9.17, 15) is 4.79 Å². The number of carbonyl (C=O) groups is 1. The van der Waals surface area contributed by atoms with E-state index in [1.165, 1.54) is 16.8 Å². The van der Waals surface area contributed by atoms with Crippen LogP contribution in [-0.4, -0.2) is 19.6 Å². The Morgan fingerprint density at radius 2 is 1.58 bits per heavy atom.